The van der Waals surface area contributed by atoms with Crippen LogP contribution in [0.2, 0.25) is 0 Å². The molecular weight excluding hydrogens is 238 g/mol. The van der Waals surface area contributed by atoms with E-state index in [4.69, 9.17) is 5.73 Å². The molecule has 1 fully saturated rings. The van der Waals surface area contributed by atoms with Gasteiger partial charge >= 0.3 is 0 Å². The Kier molecular flexibility index (Phi) is 5.37. The third-order valence-corrected chi connectivity index (χ3v) is 5.96. The molecule has 0 spiro atoms. The molecule has 5 nitrogen and oxygen atoms in total. The number of nitrogens with two attached hydrogens (primary N) is 1. The highest BCUT2D eigenvalue weighted by molar-refractivity contribution is 7.89. The van der Waals surface area contributed by atoms with Crippen LogP contribution in [-0.4, -0.2) is 63.1 Å². The van der Waals surface area contributed by atoms with Crippen molar-refractivity contribution in [3.63, 3.8) is 0 Å². The van der Waals surface area contributed by atoms with Crippen LogP contribution in [0, 0.1) is 5.92 Å². The van der Waals surface area contributed by atoms with Crippen molar-refractivity contribution in [3.8, 4) is 0 Å². The first kappa shape index (κ1) is 14.9. The van der Waals surface area contributed by atoms with Crippen molar-refractivity contribution in [1.29, 1.82) is 0 Å². The Labute approximate surface area is 105 Å². The zero-order valence-electron chi connectivity index (χ0n) is 11.1. The average Bonchev–Trinajstić information content (AvgIpc) is 2.65. The summed E-state index contributed by atoms with van der Waals surface area (Å²) >= 11 is 0. The number of hydrogen-bond donors (Lipinski definition) is 1. The normalized spacial score (nSPS) is 24.4. The fourth-order valence-electron chi connectivity index (χ4n) is 2.40. The molecular formula is C11H25N3O2S. The SMILES string of the molecule is CCC(CN)S(=O)(=O)N(C)CC1CCN(C)C1. The minimum absolute atomic E-state index is 0.202. The smallest absolute Gasteiger partial charge is 0.217 e. The van der Waals surface area contributed by atoms with Gasteiger partial charge in [-0.1, -0.05) is 6.92 Å². The summed E-state index contributed by atoms with van der Waals surface area (Å²) in [6, 6.07) is 0. The van der Waals surface area contributed by atoms with Gasteiger partial charge < -0.3 is 10.6 Å². The minimum atomic E-state index is -3.22. The van der Waals surface area contributed by atoms with E-state index in [0.29, 0.717) is 18.9 Å². The summed E-state index contributed by atoms with van der Waals surface area (Å²) < 4.78 is 25.9. The maximum absolute atomic E-state index is 12.2. The second-order valence-electron chi connectivity index (χ2n) is 5.01. The van der Waals surface area contributed by atoms with Crippen molar-refractivity contribution in [2.24, 2.45) is 11.7 Å². The summed E-state index contributed by atoms with van der Waals surface area (Å²) in [6.07, 6.45) is 1.66. The summed E-state index contributed by atoms with van der Waals surface area (Å²) in [5.41, 5.74) is 5.52. The van der Waals surface area contributed by atoms with Crippen molar-refractivity contribution < 1.29 is 8.42 Å². The van der Waals surface area contributed by atoms with Gasteiger partial charge in [-0.05, 0) is 32.4 Å². The lowest BCUT2D eigenvalue weighted by Crippen LogP contribution is -2.42. The van der Waals surface area contributed by atoms with E-state index in [1.54, 1.807) is 7.05 Å². The van der Waals surface area contributed by atoms with E-state index >= 15 is 0 Å². The van der Waals surface area contributed by atoms with Gasteiger partial charge in [-0.3, -0.25) is 0 Å². The van der Waals surface area contributed by atoms with Crippen molar-refractivity contribution >= 4 is 10.0 Å². The van der Waals surface area contributed by atoms with E-state index < -0.39 is 15.3 Å². The van der Waals surface area contributed by atoms with Gasteiger partial charge in [-0.15, -0.1) is 0 Å². The van der Waals surface area contributed by atoms with Crippen LogP contribution in [0.15, 0.2) is 0 Å². The molecule has 0 amide bonds. The summed E-state index contributed by atoms with van der Waals surface area (Å²) in [5, 5.41) is -0.438. The van der Waals surface area contributed by atoms with E-state index in [0.717, 1.165) is 19.5 Å². The first-order valence-corrected chi connectivity index (χ1v) is 7.75. The molecule has 6 heteroatoms. The van der Waals surface area contributed by atoms with Gasteiger partial charge in [-0.2, -0.15) is 0 Å². The van der Waals surface area contributed by atoms with Gasteiger partial charge in [0.05, 0.1) is 5.25 Å². The molecule has 0 aromatic heterocycles. The Morgan fingerprint density at radius 2 is 2.18 bits per heavy atom. The number of likely N-dealkylation sites (tertiary alicyclic amines) is 1. The molecule has 0 bridgehead atoms. The first-order valence-electron chi connectivity index (χ1n) is 6.25. The molecule has 0 aromatic rings. The zero-order chi connectivity index (χ0) is 13.1. The summed E-state index contributed by atoms with van der Waals surface area (Å²) in [6.45, 7) is 4.73. The van der Waals surface area contributed by atoms with Crippen molar-refractivity contribution in [2.75, 3.05) is 40.3 Å². The maximum atomic E-state index is 12.2. The average molecular weight is 263 g/mol. The quantitative estimate of drug-likeness (QED) is 0.729. The lowest BCUT2D eigenvalue weighted by atomic mass is 10.1. The van der Waals surface area contributed by atoms with E-state index in [2.05, 4.69) is 11.9 Å². The highest BCUT2D eigenvalue weighted by Crippen LogP contribution is 2.18. The second kappa shape index (κ2) is 6.13. The number of nitrogens with zero attached hydrogens (tertiary/aromatic N) is 2. The van der Waals surface area contributed by atoms with E-state index in [-0.39, 0.29) is 6.54 Å². The van der Waals surface area contributed by atoms with Crippen LogP contribution in [0.5, 0.6) is 0 Å². The van der Waals surface area contributed by atoms with Gasteiger partial charge in [-0.25, -0.2) is 12.7 Å². The predicted octanol–water partition coefficient (Wildman–Crippen LogP) is -0.0630. The molecule has 0 aromatic carbocycles. The van der Waals surface area contributed by atoms with Crippen LogP contribution >= 0.6 is 0 Å². The Morgan fingerprint density at radius 3 is 2.59 bits per heavy atom. The molecule has 0 saturated carbocycles. The molecule has 1 aliphatic heterocycles. The van der Waals surface area contributed by atoms with Gasteiger partial charge in [0.2, 0.25) is 10.0 Å². The topological polar surface area (TPSA) is 66.6 Å². The van der Waals surface area contributed by atoms with Crippen molar-refractivity contribution in [1.82, 2.24) is 9.21 Å². The molecule has 17 heavy (non-hydrogen) atoms. The highest BCUT2D eigenvalue weighted by atomic mass is 32.2. The largest absolute Gasteiger partial charge is 0.329 e. The second-order valence-corrected chi connectivity index (χ2v) is 7.33. The molecule has 2 N–H and O–H groups in total. The Morgan fingerprint density at radius 1 is 1.53 bits per heavy atom. The van der Waals surface area contributed by atoms with Crippen molar-refractivity contribution in [2.45, 2.75) is 25.0 Å². The fourth-order valence-corrected chi connectivity index (χ4v) is 3.99. The lowest BCUT2D eigenvalue weighted by Gasteiger charge is -2.25. The molecule has 1 saturated heterocycles. The molecule has 0 radical (unpaired) electrons. The van der Waals surface area contributed by atoms with Crippen LogP contribution in [0.4, 0.5) is 0 Å². The molecule has 102 valence electrons. The van der Waals surface area contributed by atoms with E-state index in [1.807, 2.05) is 6.92 Å². The third kappa shape index (κ3) is 3.64. The molecule has 1 rings (SSSR count). The summed E-state index contributed by atoms with van der Waals surface area (Å²) in [5.74, 6) is 0.454. The summed E-state index contributed by atoms with van der Waals surface area (Å²) in [4.78, 5) is 2.24. The van der Waals surface area contributed by atoms with E-state index in [1.165, 1.54) is 4.31 Å². The third-order valence-electron chi connectivity index (χ3n) is 3.58. The first-order chi connectivity index (χ1) is 7.91. The molecule has 1 aliphatic rings. The Hall–Kier alpha value is -0.170. The zero-order valence-corrected chi connectivity index (χ0v) is 11.9. The maximum Gasteiger partial charge on any atom is 0.217 e. The minimum Gasteiger partial charge on any atom is -0.329 e. The standard InChI is InChI=1S/C11H25N3O2S/c1-4-11(7-12)17(15,16)14(3)9-10-5-6-13(2)8-10/h10-11H,4-9,12H2,1-3H3. The van der Waals surface area contributed by atoms with Crippen LogP contribution < -0.4 is 5.73 Å². The predicted molar refractivity (Wildman–Crippen MR) is 70.3 cm³/mol. The number of sulfonamides is 1. The molecule has 2 atom stereocenters. The Bertz CT molecular complexity index is 328. The highest BCUT2D eigenvalue weighted by Gasteiger charge is 2.30. The molecule has 2 unspecified atom stereocenters. The van der Waals surface area contributed by atoms with E-state index in [9.17, 15) is 8.42 Å². The van der Waals surface area contributed by atoms with Gasteiger partial charge in [0.15, 0.2) is 0 Å². The van der Waals surface area contributed by atoms with Gasteiger partial charge in [0.1, 0.15) is 0 Å². The lowest BCUT2D eigenvalue weighted by molar-refractivity contribution is 0.354. The monoisotopic (exact) mass is 263 g/mol. The Balaban J connectivity index is 2.59. The van der Waals surface area contributed by atoms with Gasteiger partial charge in [0, 0.05) is 26.7 Å². The number of hydrogen-bond acceptors (Lipinski definition) is 4. The summed E-state index contributed by atoms with van der Waals surface area (Å²) in [7, 11) is 0.529. The fraction of sp³-hybridized carbons (Fsp3) is 1.00. The molecule has 1 heterocycles. The molecule has 0 aliphatic carbocycles. The van der Waals surface area contributed by atoms with Gasteiger partial charge in [0.25, 0.3) is 0 Å². The number of rotatable bonds is 6. The van der Waals surface area contributed by atoms with Crippen LogP contribution in [0.3, 0.4) is 0 Å². The van der Waals surface area contributed by atoms with Crippen LogP contribution in [-0.2, 0) is 10.0 Å². The van der Waals surface area contributed by atoms with Crippen molar-refractivity contribution in [3.05, 3.63) is 0 Å². The van der Waals surface area contributed by atoms with Crippen LogP contribution in [0.25, 0.3) is 0 Å². The van der Waals surface area contributed by atoms with Crippen LogP contribution in [0.1, 0.15) is 19.8 Å².